The third-order valence-corrected chi connectivity index (χ3v) is 5.95. The van der Waals surface area contributed by atoms with E-state index >= 15 is 0 Å². The van der Waals surface area contributed by atoms with Crippen LogP contribution in [-0.4, -0.2) is 39.3 Å². The van der Waals surface area contributed by atoms with Crippen molar-refractivity contribution < 1.29 is 13.9 Å². The maximum atomic E-state index is 6.15. The fourth-order valence-corrected chi connectivity index (χ4v) is 4.18. The van der Waals surface area contributed by atoms with Crippen LogP contribution in [0.25, 0.3) is 0 Å². The van der Waals surface area contributed by atoms with Gasteiger partial charge in [-0.1, -0.05) is 29.8 Å². The molecule has 9 heteroatoms. The molecule has 0 aliphatic heterocycles. The zero-order chi connectivity index (χ0) is 25.0. The highest BCUT2D eigenvalue weighted by atomic mass is 35.5. The Bertz CT molecular complexity index is 1230. The van der Waals surface area contributed by atoms with E-state index in [1.54, 1.807) is 20.5 Å². The molecule has 0 N–H and O–H groups in total. The summed E-state index contributed by atoms with van der Waals surface area (Å²) in [5.74, 6) is 2.83. The number of aromatic nitrogens is 4. The third kappa shape index (κ3) is 5.66. The number of halogens is 1. The van der Waals surface area contributed by atoms with Gasteiger partial charge in [-0.15, -0.1) is 5.10 Å². The molecule has 35 heavy (non-hydrogen) atoms. The summed E-state index contributed by atoms with van der Waals surface area (Å²) in [4.78, 5) is 2.28. The maximum absolute atomic E-state index is 6.15. The molecule has 0 saturated heterocycles. The first-order valence-corrected chi connectivity index (χ1v) is 11.7. The zero-order valence-corrected chi connectivity index (χ0v) is 21.4. The summed E-state index contributed by atoms with van der Waals surface area (Å²) in [7, 11) is 3.25. The van der Waals surface area contributed by atoms with Crippen molar-refractivity contribution in [2.24, 2.45) is 0 Å². The Hall–Kier alpha value is -3.36. The lowest BCUT2D eigenvalue weighted by Crippen LogP contribution is -2.34. The Balaban J connectivity index is 1.87. The van der Waals surface area contributed by atoms with Crippen molar-refractivity contribution in [1.29, 1.82) is 0 Å². The van der Waals surface area contributed by atoms with Crippen molar-refractivity contribution in [3.05, 3.63) is 88.6 Å². The molecular weight excluding hydrogens is 466 g/mol. The summed E-state index contributed by atoms with van der Waals surface area (Å²) in [5, 5.41) is 13.6. The minimum atomic E-state index is -0.329. The van der Waals surface area contributed by atoms with Crippen LogP contribution in [0.5, 0.6) is 11.5 Å². The van der Waals surface area contributed by atoms with Gasteiger partial charge in [0, 0.05) is 11.6 Å². The van der Waals surface area contributed by atoms with Gasteiger partial charge in [0.15, 0.2) is 17.3 Å². The SMILES string of the molecule is COc1ccc([C@@H](c2nnnn2C(C)(C)C)N(Cc2ccc(Cl)cc2)Cc2ccco2)cc1OC. The molecule has 0 spiro atoms. The number of benzene rings is 2. The summed E-state index contributed by atoms with van der Waals surface area (Å²) >= 11 is 6.15. The molecule has 184 valence electrons. The normalized spacial score (nSPS) is 12.7. The zero-order valence-electron chi connectivity index (χ0n) is 20.6. The fourth-order valence-electron chi connectivity index (χ4n) is 4.05. The molecule has 0 fully saturated rings. The summed E-state index contributed by atoms with van der Waals surface area (Å²) in [6.07, 6.45) is 1.68. The second-order valence-corrected chi connectivity index (χ2v) is 9.68. The van der Waals surface area contributed by atoms with Crippen LogP contribution in [0.3, 0.4) is 0 Å². The number of hydrogen-bond acceptors (Lipinski definition) is 7. The standard InChI is InChI=1S/C26H30ClN5O3/c1-26(2,3)32-25(28-29-30-32)24(19-10-13-22(33-4)23(15-19)34-5)31(17-21-7-6-14-35-21)16-18-8-11-20(27)12-9-18/h6-15,24H,16-17H2,1-5H3/t24-/m0/s1. The van der Waals surface area contributed by atoms with E-state index < -0.39 is 0 Å². The first-order chi connectivity index (χ1) is 16.8. The average molecular weight is 496 g/mol. The molecule has 0 aliphatic rings. The second kappa shape index (κ2) is 10.5. The first kappa shape index (κ1) is 24.8. The monoisotopic (exact) mass is 495 g/mol. The highest BCUT2D eigenvalue weighted by molar-refractivity contribution is 6.30. The lowest BCUT2D eigenvalue weighted by atomic mass is 10.0. The van der Waals surface area contributed by atoms with Crippen LogP contribution < -0.4 is 9.47 Å². The third-order valence-electron chi connectivity index (χ3n) is 5.70. The van der Waals surface area contributed by atoms with Gasteiger partial charge in [-0.3, -0.25) is 4.90 Å². The minimum Gasteiger partial charge on any atom is -0.493 e. The highest BCUT2D eigenvalue weighted by Crippen LogP contribution is 2.37. The number of furan rings is 1. The van der Waals surface area contributed by atoms with Crippen molar-refractivity contribution >= 4 is 11.6 Å². The van der Waals surface area contributed by atoms with Crippen molar-refractivity contribution in [3.8, 4) is 11.5 Å². The lowest BCUT2D eigenvalue weighted by Gasteiger charge is -2.33. The smallest absolute Gasteiger partial charge is 0.173 e. The fraction of sp³-hybridized carbons (Fsp3) is 0.346. The first-order valence-electron chi connectivity index (χ1n) is 11.3. The van der Waals surface area contributed by atoms with E-state index in [2.05, 4.69) is 41.2 Å². The van der Waals surface area contributed by atoms with Crippen LogP contribution in [0.4, 0.5) is 0 Å². The molecule has 2 aromatic carbocycles. The Kier molecular flexibility index (Phi) is 7.42. The minimum absolute atomic E-state index is 0.315. The number of tetrazole rings is 1. The molecular formula is C26H30ClN5O3. The lowest BCUT2D eigenvalue weighted by molar-refractivity contribution is 0.172. The van der Waals surface area contributed by atoms with E-state index in [0.717, 1.165) is 16.9 Å². The van der Waals surface area contributed by atoms with Gasteiger partial charge >= 0.3 is 0 Å². The number of nitrogens with zero attached hydrogens (tertiary/aromatic N) is 5. The molecule has 2 heterocycles. The van der Waals surface area contributed by atoms with Gasteiger partial charge in [0.05, 0.1) is 38.6 Å². The summed E-state index contributed by atoms with van der Waals surface area (Å²) < 4.78 is 18.7. The molecule has 0 unspecified atom stereocenters. The molecule has 2 aromatic heterocycles. The van der Waals surface area contributed by atoms with E-state index in [9.17, 15) is 0 Å². The summed E-state index contributed by atoms with van der Waals surface area (Å²) in [6.45, 7) is 7.37. The molecule has 0 saturated carbocycles. The highest BCUT2D eigenvalue weighted by Gasteiger charge is 2.32. The van der Waals surface area contributed by atoms with Crippen molar-refractivity contribution in [3.63, 3.8) is 0 Å². The predicted octanol–water partition coefficient (Wildman–Crippen LogP) is 5.48. The Morgan fingerprint density at radius 2 is 1.74 bits per heavy atom. The van der Waals surface area contributed by atoms with Gasteiger partial charge in [0.1, 0.15) is 5.76 Å². The van der Waals surface area contributed by atoms with E-state index in [1.165, 1.54) is 0 Å². The number of hydrogen-bond donors (Lipinski definition) is 0. The molecule has 0 bridgehead atoms. The Morgan fingerprint density at radius 3 is 2.37 bits per heavy atom. The average Bonchev–Trinajstić information content (AvgIpc) is 3.53. The van der Waals surface area contributed by atoms with Gasteiger partial charge in [-0.05, 0) is 78.7 Å². The van der Waals surface area contributed by atoms with Crippen LogP contribution in [0, 0.1) is 0 Å². The molecule has 4 aromatic rings. The van der Waals surface area contributed by atoms with E-state index in [0.29, 0.717) is 35.4 Å². The van der Waals surface area contributed by atoms with E-state index in [1.807, 2.05) is 59.3 Å². The van der Waals surface area contributed by atoms with Gasteiger partial charge in [-0.2, -0.15) is 0 Å². The second-order valence-electron chi connectivity index (χ2n) is 9.25. The quantitative estimate of drug-likeness (QED) is 0.304. The predicted molar refractivity (Wildman–Crippen MR) is 134 cm³/mol. The largest absolute Gasteiger partial charge is 0.493 e. The van der Waals surface area contributed by atoms with Gasteiger partial charge < -0.3 is 13.9 Å². The summed E-state index contributed by atoms with van der Waals surface area (Å²) in [6, 6.07) is 17.3. The molecule has 8 nitrogen and oxygen atoms in total. The molecule has 1 atom stereocenters. The number of rotatable bonds is 9. The molecule has 0 aliphatic carbocycles. The van der Waals surface area contributed by atoms with Gasteiger partial charge in [0.2, 0.25) is 0 Å². The van der Waals surface area contributed by atoms with Crippen LogP contribution >= 0.6 is 11.6 Å². The van der Waals surface area contributed by atoms with Crippen LogP contribution in [0.15, 0.2) is 65.3 Å². The Labute approximate surface area is 210 Å². The topological polar surface area (TPSA) is 78.4 Å². The van der Waals surface area contributed by atoms with E-state index in [-0.39, 0.29) is 11.6 Å². The van der Waals surface area contributed by atoms with Crippen molar-refractivity contribution in [2.75, 3.05) is 14.2 Å². The van der Waals surface area contributed by atoms with Crippen LogP contribution in [-0.2, 0) is 18.6 Å². The van der Waals surface area contributed by atoms with Crippen LogP contribution in [0.1, 0.15) is 49.5 Å². The van der Waals surface area contributed by atoms with Gasteiger partial charge in [0.25, 0.3) is 0 Å². The van der Waals surface area contributed by atoms with Crippen LogP contribution in [0.2, 0.25) is 5.02 Å². The Morgan fingerprint density at radius 1 is 1.00 bits per heavy atom. The summed E-state index contributed by atoms with van der Waals surface area (Å²) in [5.41, 5.74) is 1.73. The maximum Gasteiger partial charge on any atom is 0.173 e. The van der Waals surface area contributed by atoms with Crippen molar-refractivity contribution in [2.45, 2.75) is 45.4 Å². The number of methoxy groups -OCH3 is 2. The van der Waals surface area contributed by atoms with E-state index in [4.69, 9.17) is 25.5 Å². The molecule has 4 rings (SSSR count). The number of ether oxygens (including phenoxy) is 2. The van der Waals surface area contributed by atoms with Gasteiger partial charge in [-0.25, -0.2) is 4.68 Å². The molecule has 0 amide bonds. The molecule has 0 radical (unpaired) electrons. The van der Waals surface area contributed by atoms with Crippen molar-refractivity contribution in [1.82, 2.24) is 25.1 Å².